The van der Waals surface area contributed by atoms with Crippen LogP contribution in [0.15, 0.2) is 0 Å². The first kappa shape index (κ1) is 11.0. The number of carbonyl (C=O) groups is 2. The van der Waals surface area contributed by atoms with Crippen LogP contribution in [-0.4, -0.2) is 38.1 Å². The van der Waals surface area contributed by atoms with Crippen molar-refractivity contribution in [1.29, 1.82) is 0 Å². The van der Waals surface area contributed by atoms with Crippen LogP contribution in [0.4, 0.5) is 0 Å². The van der Waals surface area contributed by atoms with Crippen LogP contribution in [0.2, 0.25) is 0 Å². The predicted octanol–water partition coefficient (Wildman–Crippen LogP) is -0.582. The van der Waals surface area contributed by atoms with E-state index < -0.39 is 0 Å². The Morgan fingerprint density at radius 1 is 1.43 bits per heavy atom. The second-order valence-electron chi connectivity index (χ2n) is 3.34. The highest BCUT2D eigenvalue weighted by Gasteiger charge is 2.22. The second-order valence-corrected chi connectivity index (χ2v) is 3.34. The van der Waals surface area contributed by atoms with Gasteiger partial charge in [-0.3, -0.25) is 9.59 Å². The van der Waals surface area contributed by atoms with Crippen LogP contribution in [-0.2, 0) is 14.3 Å². The molecule has 1 amide bonds. The largest absolute Gasteiger partial charge is 0.469 e. The van der Waals surface area contributed by atoms with Crippen molar-refractivity contribution in [3.63, 3.8) is 0 Å². The van der Waals surface area contributed by atoms with Crippen LogP contribution in [0.1, 0.15) is 19.3 Å². The molecule has 0 bridgehead atoms. The van der Waals surface area contributed by atoms with Gasteiger partial charge in [0.2, 0.25) is 5.91 Å². The summed E-state index contributed by atoms with van der Waals surface area (Å²) < 4.78 is 4.45. The van der Waals surface area contributed by atoms with Gasteiger partial charge in [-0.15, -0.1) is 0 Å². The van der Waals surface area contributed by atoms with Gasteiger partial charge in [0, 0.05) is 12.6 Å². The summed E-state index contributed by atoms with van der Waals surface area (Å²) >= 11 is 0. The number of nitrogens with one attached hydrogen (secondary N) is 2. The van der Waals surface area contributed by atoms with E-state index in [2.05, 4.69) is 15.4 Å². The van der Waals surface area contributed by atoms with E-state index in [1.54, 1.807) is 0 Å². The third-order valence-electron chi connectivity index (χ3n) is 1.96. The van der Waals surface area contributed by atoms with E-state index in [9.17, 15) is 9.59 Å². The smallest absolute Gasteiger partial charge is 0.306 e. The minimum absolute atomic E-state index is 0.00244. The summed E-state index contributed by atoms with van der Waals surface area (Å²) in [6.45, 7) is 0.748. The maximum Gasteiger partial charge on any atom is 0.306 e. The normalized spacial score (nSPS) is 14.9. The first-order chi connectivity index (χ1) is 6.72. The van der Waals surface area contributed by atoms with Gasteiger partial charge in [-0.25, -0.2) is 0 Å². The minimum atomic E-state index is -0.264. The fourth-order valence-corrected chi connectivity index (χ4v) is 1.00. The number of esters is 1. The van der Waals surface area contributed by atoms with Crippen molar-refractivity contribution >= 4 is 11.9 Å². The first-order valence-electron chi connectivity index (χ1n) is 4.79. The van der Waals surface area contributed by atoms with E-state index >= 15 is 0 Å². The lowest BCUT2D eigenvalue weighted by Crippen LogP contribution is -2.35. The molecule has 0 unspecified atom stereocenters. The molecule has 0 aromatic carbocycles. The summed E-state index contributed by atoms with van der Waals surface area (Å²) in [5.74, 6) is -0.266. The van der Waals surface area contributed by atoms with Gasteiger partial charge in [-0.05, 0) is 12.8 Å². The zero-order valence-electron chi connectivity index (χ0n) is 8.34. The zero-order valence-corrected chi connectivity index (χ0v) is 8.34. The Hall–Kier alpha value is -1.10. The van der Waals surface area contributed by atoms with Crippen LogP contribution in [0.5, 0.6) is 0 Å². The monoisotopic (exact) mass is 200 g/mol. The van der Waals surface area contributed by atoms with Gasteiger partial charge in [0.05, 0.1) is 20.1 Å². The molecule has 1 aliphatic carbocycles. The molecule has 0 aliphatic heterocycles. The second kappa shape index (κ2) is 5.59. The lowest BCUT2D eigenvalue weighted by atomic mass is 10.4. The number of hydrogen-bond donors (Lipinski definition) is 2. The molecule has 1 fully saturated rings. The van der Waals surface area contributed by atoms with Crippen molar-refractivity contribution in [2.75, 3.05) is 20.2 Å². The van der Waals surface area contributed by atoms with Crippen LogP contribution in [0, 0.1) is 0 Å². The Morgan fingerprint density at radius 2 is 2.14 bits per heavy atom. The van der Waals surface area contributed by atoms with Crippen molar-refractivity contribution in [1.82, 2.24) is 10.6 Å². The molecule has 0 heterocycles. The summed E-state index contributed by atoms with van der Waals surface area (Å²) in [6.07, 6.45) is 2.48. The molecule has 0 aromatic heterocycles. The van der Waals surface area contributed by atoms with Crippen molar-refractivity contribution in [3.05, 3.63) is 0 Å². The number of amides is 1. The Morgan fingerprint density at radius 3 is 2.71 bits per heavy atom. The maximum absolute atomic E-state index is 11.1. The van der Waals surface area contributed by atoms with Gasteiger partial charge < -0.3 is 15.4 Å². The molecule has 0 saturated heterocycles. The molecule has 1 rings (SSSR count). The molecule has 0 atom stereocenters. The third kappa shape index (κ3) is 4.81. The highest BCUT2D eigenvalue weighted by atomic mass is 16.5. The van der Waals surface area contributed by atoms with Gasteiger partial charge in [0.25, 0.3) is 0 Å². The van der Waals surface area contributed by atoms with Gasteiger partial charge >= 0.3 is 5.97 Å². The molecule has 1 aliphatic rings. The van der Waals surface area contributed by atoms with Gasteiger partial charge in [0.1, 0.15) is 0 Å². The molecule has 80 valence electrons. The average molecular weight is 200 g/mol. The third-order valence-corrected chi connectivity index (χ3v) is 1.96. The standard InChI is InChI=1S/C9H16N2O3/c1-14-9(13)4-5-10-6-8(12)11-7-2-3-7/h7,10H,2-6H2,1H3,(H,11,12). The summed E-state index contributed by atoms with van der Waals surface area (Å²) in [4.78, 5) is 21.8. The predicted molar refractivity (Wildman–Crippen MR) is 50.7 cm³/mol. The van der Waals surface area contributed by atoms with Crippen molar-refractivity contribution in [2.24, 2.45) is 0 Å². The lowest BCUT2D eigenvalue weighted by Gasteiger charge is -2.04. The van der Waals surface area contributed by atoms with Crippen LogP contribution < -0.4 is 10.6 Å². The molecule has 0 spiro atoms. The van der Waals surface area contributed by atoms with Crippen molar-refractivity contribution in [3.8, 4) is 0 Å². The molecule has 0 radical (unpaired) electrons. The average Bonchev–Trinajstić information content (AvgIpc) is 2.95. The summed E-state index contributed by atoms with van der Waals surface area (Å²) in [5.41, 5.74) is 0. The maximum atomic E-state index is 11.1. The van der Waals surface area contributed by atoms with Crippen LogP contribution >= 0.6 is 0 Å². The van der Waals surface area contributed by atoms with Crippen LogP contribution in [0.25, 0.3) is 0 Å². The van der Waals surface area contributed by atoms with E-state index in [-0.39, 0.29) is 18.4 Å². The van der Waals surface area contributed by atoms with Gasteiger partial charge in [-0.1, -0.05) is 0 Å². The Kier molecular flexibility index (Phi) is 4.39. The number of hydrogen-bond acceptors (Lipinski definition) is 4. The molecular formula is C9H16N2O3. The fourth-order valence-electron chi connectivity index (χ4n) is 1.00. The van der Waals surface area contributed by atoms with Gasteiger partial charge in [-0.2, -0.15) is 0 Å². The first-order valence-corrected chi connectivity index (χ1v) is 4.79. The number of carbonyl (C=O) groups excluding carboxylic acids is 2. The van der Waals surface area contributed by atoms with E-state index in [0.717, 1.165) is 12.8 Å². The molecule has 14 heavy (non-hydrogen) atoms. The number of methoxy groups -OCH3 is 1. The van der Waals surface area contributed by atoms with Gasteiger partial charge in [0.15, 0.2) is 0 Å². The highest BCUT2D eigenvalue weighted by molar-refractivity contribution is 5.78. The molecule has 5 heteroatoms. The summed E-state index contributed by atoms with van der Waals surface area (Å²) in [7, 11) is 1.35. The zero-order chi connectivity index (χ0) is 10.4. The van der Waals surface area contributed by atoms with E-state index in [1.807, 2.05) is 0 Å². The number of rotatable bonds is 6. The Labute approximate surface area is 83.2 Å². The molecule has 5 nitrogen and oxygen atoms in total. The van der Waals surface area contributed by atoms with E-state index in [0.29, 0.717) is 19.0 Å². The topological polar surface area (TPSA) is 67.4 Å². The summed E-state index contributed by atoms with van der Waals surface area (Å²) in [5, 5.41) is 5.71. The van der Waals surface area contributed by atoms with Crippen molar-refractivity contribution < 1.29 is 14.3 Å². The quantitative estimate of drug-likeness (QED) is 0.444. The van der Waals surface area contributed by atoms with Crippen molar-refractivity contribution in [2.45, 2.75) is 25.3 Å². The fraction of sp³-hybridized carbons (Fsp3) is 0.778. The Bertz CT molecular complexity index is 214. The van der Waals surface area contributed by atoms with E-state index in [4.69, 9.17) is 0 Å². The number of ether oxygens (including phenoxy) is 1. The molecule has 2 N–H and O–H groups in total. The minimum Gasteiger partial charge on any atom is -0.469 e. The molecule has 0 aromatic rings. The lowest BCUT2D eigenvalue weighted by molar-refractivity contribution is -0.140. The molecular weight excluding hydrogens is 184 g/mol. The summed E-state index contributed by atoms with van der Waals surface area (Å²) in [6, 6.07) is 0.393. The van der Waals surface area contributed by atoms with Crippen LogP contribution in [0.3, 0.4) is 0 Å². The highest BCUT2D eigenvalue weighted by Crippen LogP contribution is 2.17. The van der Waals surface area contributed by atoms with E-state index in [1.165, 1.54) is 7.11 Å². The Balaban J connectivity index is 1.91. The SMILES string of the molecule is COC(=O)CCNCC(=O)NC1CC1. The molecule has 1 saturated carbocycles.